The van der Waals surface area contributed by atoms with Crippen LogP contribution >= 0.6 is 0 Å². The minimum absolute atomic E-state index is 0.251. The van der Waals surface area contributed by atoms with E-state index in [0.29, 0.717) is 18.5 Å². The van der Waals surface area contributed by atoms with Crippen LogP contribution in [0.5, 0.6) is 5.75 Å². The number of piperazine rings is 1. The Morgan fingerprint density at radius 3 is 2.40 bits per heavy atom. The summed E-state index contributed by atoms with van der Waals surface area (Å²) in [5.41, 5.74) is 1.18. The number of amides is 1. The summed E-state index contributed by atoms with van der Waals surface area (Å²) in [7, 11) is 1.66. The normalized spacial score (nSPS) is 22.6. The van der Waals surface area contributed by atoms with Gasteiger partial charge in [0.15, 0.2) is 0 Å². The molecule has 0 aliphatic carbocycles. The van der Waals surface area contributed by atoms with Crippen molar-refractivity contribution in [3.05, 3.63) is 29.8 Å². The lowest BCUT2D eigenvalue weighted by Crippen LogP contribution is -2.55. The van der Waals surface area contributed by atoms with E-state index in [4.69, 9.17) is 4.74 Å². The van der Waals surface area contributed by atoms with Crippen molar-refractivity contribution in [3.8, 4) is 5.75 Å². The molecule has 1 amide bonds. The van der Waals surface area contributed by atoms with E-state index < -0.39 is 0 Å². The van der Waals surface area contributed by atoms with Crippen LogP contribution < -0.4 is 10.1 Å². The zero-order chi connectivity index (χ0) is 14.5. The Labute approximate surface area is 121 Å². The van der Waals surface area contributed by atoms with Crippen molar-refractivity contribution in [2.24, 2.45) is 0 Å². The van der Waals surface area contributed by atoms with Crippen molar-refractivity contribution in [2.45, 2.75) is 38.8 Å². The van der Waals surface area contributed by atoms with Crippen LogP contribution in [0.2, 0.25) is 0 Å². The first-order chi connectivity index (χ1) is 9.58. The van der Waals surface area contributed by atoms with Crippen LogP contribution in [-0.2, 0) is 11.2 Å². The number of carbonyl (C=O) groups excluding carboxylic acids is 1. The van der Waals surface area contributed by atoms with E-state index in [1.165, 1.54) is 5.56 Å². The van der Waals surface area contributed by atoms with Gasteiger partial charge in [-0.05, 0) is 38.0 Å². The average molecular weight is 276 g/mol. The minimum Gasteiger partial charge on any atom is -0.497 e. The van der Waals surface area contributed by atoms with Gasteiger partial charge in [0.1, 0.15) is 5.75 Å². The number of hydrogen-bond donors (Lipinski definition) is 1. The molecule has 1 fully saturated rings. The van der Waals surface area contributed by atoms with Gasteiger partial charge in [-0.2, -0.15) is 0 Å². The number of hydrogen-bond acceptors (Lipinski definition) is 3. The summed E-state index contributed by atoms with van der Waals surface area (Å²) in [5.74, 6) is 1.10. The van der Waals surface area contributed by atoms with Gasteiger partial charge in [-0.3, -0.25) is 4.79 Å². The van der Waals surface area contributed by atoms with Crippen molar-refractivity contribution in [3.63, 3.8) is 0 Å². The molecule has 4 heteroatoms. The largest absolute Gasteiger partial charge is 0.497 e. The topological polar surface area (TPSA) is 41.6 Å². The fourth-order valence-electron chi connectivity index (χ4n) is 2.73. The van der Waals surface area contributed by atoms with Crippen LogP contribution in [-0.4, -0.2) is 43.1 Å². The fourth-order valence-corrected chi connectivity index (χ4v) is 2.73. The molecule has 4 nitrogen and oxygen atoms in total. The highest BCUT2D eigenvalue weighted by Gasteiger charge is 2.24. The second-order valence-corrected chi connectivity index (χ2v) is 5.62. The van der Waals surface area contributed by atoms with Gasteiger partial charge < -0.3 is 15.0 Å². The van der Waals surface area contributed by atoms with Crippen molar-refractivity contribution in [2.75, 3.05) is 20.2 Å². The summed E-state index contributed by atoms with van der Waals surface area (Å²) in [6.07, 6.45) is 1.36. The highest BCUT2D eigenvalue weighted by molar-refractivity contribution is 5.76. The molecule has 1 saturated heterocycles. The van der Waals surface area contributed by atoms with Crippen LogP contribution in [0.4, 0.5) is 0 Å². The van der Waals surface area contributed by atoms with E-state index in [1.807, 2.05) is 29.2 Å². The molecule has 1 aliphatic heterocycles. The van der Waals surface area contributed by atoms with Crippen molar-refractivity contribution in [1.29, 1.82) is 0 Å². The Balaban J connectivity index is 1.84. The molecule has 0 radical (unpaired) electrons. The summed E-state index contributed by atoms with van der Waals surface area (Å²) in [6, 6.07) is 8.68. The lowest BCUT2D eigenvalue weighted by atomic mass is 10.1. The summed E-state index contributed by atoms with van der Waals surface area (Å²) in [4.78, 5) is 14.2. The smallest absolute Gasteiger partial charge is 0.223 e. The van der Waals surface area contributed by atoms with E-state index >= 15 is 0 Å². The maximum absolute atomic E-state index is 12.3. The van der Waals surface area contributed by atoms with Crippen LogP contribution in [0.25, 0.3) is 0 Å². The number of rotatable bonds is 4. The Bertz CT molecular complexity index is 434. The molecule has 0 spiro atoms. The Kier molecular flexibility index (Phi) is 5.01. The first-order valence-electron chi connectivity index (χ1n) is 7.25. The van der Waals surface area contributed by atoms with Crippen LogP contribution in [0.1, 0.15) is 25.8 Å². The molecule has 1 aromatic rings. The molecule has 2 unspecified atom stereocenters. The number of ether oxygens (including phenoxy) is 1. The first kappa shape index (κ1) is 14.9. The number of benzene rings is 1. The Morgan fingerprint density at radius 2 is 1.85 bits per heavy atom. The van der Waals surface area contributed by atoms with Crippen LogP contribution in [0, 0.1) is 0 Å². The lowest BCUT2D eigenvalue weighted by Gasteiger charge is -2.36. The van der Waals surface area contributed by atoms with Gasteiger partial charge in [0, 0.05) is 31.6 Å². The predicted octanol–water partition coefficient (Wildman–Crippen LogP) is 1.84. The quantitative estimate of drug-likeness (QED) is 0.912. The third-order valence-corrected chi connectivity index (χ3v) is 3.70. The zero-order valence-electron chi connectivity index (χ0n) is 12.6. The SMILES string of the molecule is COc1ccc(CCC(=O)N2CC(C)NC(C)C2)cc1. The summed E-state index contributed by atoms with van der Waals surface area (Å²) < 4.78 is 5.13. The van der Waals surface area contributed by atoms with E-state index in [0.717, 1.165) is 25.3 Å². The number of carbonyl (C=O) groups is 1. The molecule has 1 heterocycles. The molecule has 20 heavy (non-hydrogen) atoms. The number of nitrogens with one attached hydrogen (secondary N) is 1. The molecule has 0 bridgehead atoms. The standard InChI is InChI=1S/C16H24N2O2/c1-12-10-18(11-13(2)17-12)16(19)9-6-14-4-7-15(20-3)8-5-14/h4-5,7-8,12-13,17H,6,9-11H2,1-3H3. The maximum Gasteiger partial charge on any atom is 0.223 e. The highest BCUT2D eigenvalue weighted by Crippen LogP contribution is 2.14. The maximum atomic E-state index is 12.3. The monoisotopic (exact) mass is 276 g/mol. The summed E-state index contributed by atoms with van der Waals surface area (Å²) in [6.45, 7) is 5.87. The third kappa shape index (κ3) is 3.97. The van der Waals surface area contributed by atoms with Crippen LogP contribution in [0.3, 0.4) is 0 Å². The molecule has 1 N–H and O–H groups in total. The molecule has 1 aliphatic rings. The van der Waals surface area contributed by atoms with E-state index in [1.54, 1.807) is 7.11 Å². The average Bonchev–Trinajstić information content (AvgIpc) is 2.44. The number of aryl methyl sites for hydroxylation is 1. The zero-order valence-corrected chi connectivity index (χ0v) is 12.6. The molecule has 0 aromatic heterocycles. The summed E-state index contributed by atoms with van der Waals surface area (Å²) >= 11 is 0. The number of methoxy groups -OCH3 is 1. The molecule has 1 aromatic carbocycles. The van der Waals surface area contributed by atoms with E-state index in [-0.39, 0.29) is 5.91 Å². The highest BCUT2D eigenvalue weighted by atomic mass is 16.5. The third-order valence-electron chi connectivity index (χ3n) is 3.70. The van der Waals surface area contributed by atoms with E-state index in [2.05, 4.69) is 19.2 Å². The molecule has 0 saturated carbocycles. The van der Waals surface area contributed by atoms with Gasteiger partial charge in [0.2, 0.25) is 5.91 Å². The Morgan fingerprint density at radius 1 is 1.25 bits per heavy atom. The molecule has 2 atom stereocenters. The Hall–Kier alpha value is -1.55. The van der Waals surface area contributed by atoms with E-state index in [9.17, 15) is 4.79 Å². The lowest BCUT2D eigenvalue weighted by molar-refractivity contribution is -0.132. The molecule has 2 rings (SSSR count). The van der Waals surface area contributed by atoms with Gasteiger partial charge in [-0.1, -0.05) is 12.1 Å². The van der Waals surface area contributed by atoms with Crippen LogP contribution in [0.15, 0.2) is 24.3 Å². The molecular formula is C16H24N2O2. The van der Waals surface area contributed by atoms with Crippen molar-refractivity contribution in [1.82, 2.24) is 10.2 Å². The van der Waals surface area contributed by atoms with Gasteiger partial charge in [-0.25, -0.2) is 0 Å². The summed E-state index contributed by atoms with van der Waals surface area (Å²) in [5, 5.41) is 3.44. The van der Waals surface area contributed by atoms with Crippen molar-refractivity contribution >= 4 is 5.91 Å². The second kappa shape index (κ2) is 6.75. The molecular weight excluding hydrogens is 252 g/mol. The van der Waals surface area contributed by atoms with Gasteiger partial charge >= 0.3 is 0 Å². The first-order valence-corrected chi connectivity index (χ1v) is 7.25. The van der Waals surface area contributed by atoms with Crippen molar-refractivity contribution < 1.29 is 9.53 Å². The predicted molar refractivity (Wildman–Crippen MR) is 80.0 cm³/mol. The van der Waals surface area contributed by atoms with Gasteiger partial charge in [-0.15, -0.1) is 0 Å². The van der Waals surface area contributed by atoms with Gasteiger partial charge in [0.25, 0.3) is 0 Å². The molecule has 110 valence electrons. The minimum atomic E-state index is 0.251. The number of nitrogens with zero attached hydrogens (tertiary/aromatic N) is 1. The second-order valence-electron chi connectivity index (χ2n) is 5.62. The van der Waals surface area contributed by atoms with Gasteiger partial charge in [0.05, 0.1) is 7.11 Å². The fraction of sp³-hybridized carbons (Fsp3) is 0.562.